The zero-order valence-corrected chi connectivity index (χ0v) is 14.6. The summed E-state index contributed by atoms with van der Waals surface area (Å²) in [5.41, 5.74) is 3.52. The van der Waals surface area contributed by atoms with Crippen molar-refractivity contribution >= 4 is 0 Å². The van der Waals surface area contributed by atoms with Gasteiger partial charge in [0, 0.05) is 17.5 Å². The van der Waals surface area contributed by atoms with Crippen molar-refractivity contribution in [2.45, 2.75) is 25.3 Å². The smallest absolute Gasteiger partial charge is 0.119 e. The predicted octanol–water partition coefficient (Wildman–Crippen LogP) is 5.27. The number of nitrogens with one attached hydrogen (secondary N) is 1. The molecule has 0 saturated heterocycles. The molecule has 0 saturated carbocycles. The van der Waals surface area contributed by atoms with Gasteiger partial charge in [-0.15, -0.1) is 0 Å². The van der Waals surface area contributed by atoms with E-state index in [9.17, 15) is 5.11 Å². The molecule has 0 radical (unpaired) electrons. The van der Waals surface area contributed by atoms with Crippen molar-refractivity contribution < 1.29 is 5.11 Å². The lowest BCUT2D eigenvalue weighted by Crippen LogP contribution is -2.21. The number of hydrogen-bond donors (Lipinski definition) is 2. The van der Waals surface area contributed by atoms with Crippen LogP contribution in [0.5, 0.6) is 5.75 Å². The van der Waals surface area contributed by atoms with Gasteiger partial charge in [0.25, 0.3) is 0 Å². The van der Waals surface area contributed by atoms with E-state index in [0.29, 0.717) is 11.8 Å². The van der Waals surface area contributed by atoms with Gasteiger partial charge in [-0.25, -0.2) is 0 Å². The summed E-state index contributed by atoms with van der Waals surface area (Å²) in [6.45, 7) is 3.07. The first kappa shape index (κ1) is 17.2. The summed E-state index contributed by atoms with van der Waals surface area (Å²) in [6.07, 6.45) is 0.929. The highest BCUT2D eigenvalue weighted by molar-refractivity contribution is 5.41. The molecule has 2 nitrogen and oxygen atoms in total. The molecule has 0 fully saturated rings. The number of phenols is 1. The summed E-state index contributed by atoms with van der Waals surface area (Å²) in [5, 5.41) is 13.9. The minimum Gasteiger partial charge on any atom is -0.508 e. The fraction of sp³-hybridized carbons (Fsp3) is 0.217. The summed E-state index contributed by atoms with van der Waals surface area (Å²) < 4.78 is 0. The Morgan fingerprint density at radius 3 is 1.96 bits per heavy atom. The van der Waals surface area contributed by atoms with Gasteiger partial charge in [-0.3, -0.25) is 0 Å². The molecule has 0 aliphatic carbocycles. The number of hydrogen-bond acceptors (Lipinski definition) is 2. The molecule has 3 aromatic carbocycles. The maximum Gasteiger partial charge on any atom is 0.119 e. The van der Waals surface area contributed by atoms with Gasteiger partial charge in [-0.05, 0) is 37.1 Å². The maximum absolute atomic E-state index is 10.3. The Hall–Kier alpha value is -2.58. The van der Waals surface area contributed by atoms with Crippen LogP contribution in [0.15, 0.2) is 84.9 Å². The SMILES string of the molecule is C[C@@H](NCC[C@H](c1ccccc1)c1ccccc1O)c1ccccc1. The molecule has 128 valence electrons. The average Bonchev–Trinajstić information content (AvgIpc) is 2.67. The summed E-state index contributed by atoms with van der Waals surface area (Å²) in [4.78, 5) is 0. The first-order valence-corrected chi connectivity index (χ1v) is 8.87. The Morgan fingerprint density at radius 1 is 0.760 bits per heavy atom. The summed E-state index contributed by atoms with van der Waals surface area (Å²) in [7, 11) is 0. The monoisotopic (exact) mass is 331 g/mol. The van der Waals surface area contributed by atoms with Gasteiger partial charge in [-0.1, -0.05) is 78.9 Å². The third-order valence-corrected chi connectivity index (χ3v) is 4.70. The molecule has 3 rings (SSSR count). The normalized spacial score (nSPS) is 13.3. The highest BCUT2D eigenvalue weighted by Crippen LogP contribution is 2.33. The van der Waals surface area contributed by atoms with Gasteiger partial charge in [0.2, 0.25) is 0 Å². The summed E-state index contributed by atoms with van der Waals surface area (Å²) in [6, 6.07) is 28.9. The van der Waals surface area contributed by atoms with Crippen LogP contribution in [0.2, 0.25) is 0 Å². The van der Waals surface area contributed by atoms with Crippen LogP contribution in [0, 0.1) is 0 Å². The van der Waals surface area contributed by atoms with Crippen molar-refractivity contribution in [3.63, 3.8) is 0 Å². The lowest BCUT2D eigenvalue weighted by Gasteiger charge is -2.21. The number of para-hydroxylation sites is 1. The lowest BCUT2D eigenvalue weighted by atomic mass is 9.88. The van der Waals surface area contributed by atoms with Crippen molar-refractivity contribution in [3.05, 3.63) is 102 Å². The molecule has 25 heavy (non-hydrogen) atoms. The lowest BCUT2D eigenvalue weighted by molar-refractivity contribution is 0.459. The van der Waals surface area contributed by atoms with Gasteiger partial charge >= 0.3 is 0 Å². The Labute approximate surface area is 150 Å². The minimum absolute atomic E-state index is 0.179. The number of aromatic hydroxyl groups is 1. The van der Waals surface area contributed by atoms with Crippen molar-refractivity contribution in [2.24, 2.45) is 0 Å². The molecule has 0 spiro atoms. The second kappa shape index (κ2) is 8.50. The Bertz CT molecular complexity index is 770. The van der Waals surface area contributed by atoms with E-state index in [0.717, 1.165) is 18.5 Å². The molecular weight excluding hydrogens is 306 g/mol. The van der Waals surface area contributed by atoms with Crippen molar-refractivity contribution in [1.82, 2.24) is 5.32 Å². The second-order valence-electron chi connectivity index (χ2n) is 6.40. The maximum atomic E-state index is 10.3. The first-order chi connectivity index (χ1) is 12.3. The van der Waals surface area contributed by atoms with Crippen LogP contribution < -0.4 is 5.32 Å². The van der Waals surface area contributed by atoms with Crippen molar-refractivity contribution in [3.8, 4) is 5.75 Å². The van der Waals surface area contributed by atoms with Gasteiger partial charge in [0.05, 0.1) is 0 Å². The van der Waals surface area contributed by atoms with Gasteiger partial charge in [0.15, 0.2) is 0 Å². The molecule has 0 heterocycles. The van der Waals surface area contributed by atoms with E-state index in [-0.39, 0.29) is 5.92 Å². The fourth-order valence-corrected chi connectivity index (χ4v) is 3.27. The molecule has 0 bridgehead atoms. The van der Waals surface area contributed by atoms with Crippen molar-refractivity contribution in [2.75, 3.05) is 6.54 Å². The van der Waals surface area contributed by atoms with Crippen LogP contribution in [-0.2, 0) is 0 Å². The van der Waals surface area contributed by atoms with E-state index in [4.69, 9.17) is 0 Å². The van der Waals surface area contributed by atoms with Gasteiger partial charge < -0.3 is 10.4 Å². The van der Waals surface area contributed by atoms with E-state index in [1.165, 1.54) is 11.1 Å². The second-order valence-corrected chi connectivity index (χ2v) is 6.40. The standard InChI is InChI=1S/C23H25NO/c1-18(19-10-4-2-5-11-19)24-17-16-21(20-12-6-3-7-13-20)22-14-8-9-15-23(22)25/h2-15,18,21,24-25H,16-17H2,1H3/t18-,21-/m1/s1. The van der Waals surface area contributed by atoms with Crippen LogP contribution in [0.3, 0.4) is 0 Å². The third-order valence-electron chi connectivity index (χ3n) is 4.70. The number of rotatable bonds is 7. The largest absolute Gasteiger partial charge is 0.508 e. The highest BCUT2D eigenvalue weighted by atomic mass is 16.3. The zero-order chi connectivity index (χ0) is 17.5. The molecule has 0 aromatic heterocycles. The highest BCUT2D eigenvalue weighted by Gasteiger charge is 2.17. The summed E-state index contributed by atoms with van der Waals surface area (Å²) in [5.74, 6) is 0.547. The van der Waals surface area contributed by atoms with E-state index in [1.54, 1.807) is 6.07 Å². The van der Waals surface area contributed by atoms with Gasteiger partial charge in [-0.2, -0.15) is 0 Å². The Kier molecular flexibility index (Phi) is 5.86. The topological polar surface area (TPSA) is 32.3 Å². The molecule has 3 aromatic rings. The van der Waals surface area contributed by atoms with Crippen LogP contribution >= 0.6 is 0 Å². The Balaban J connectivity index is 1.72. The Morgan fingerprint density at radius 2 is 1.32 bits per heavy atom. The fourth-order valence-electron chi connectivity index (χ4n) is 3.27. The molecule has 0 amide bonds. The minimum atomic E-state index is 0.179. The molecule has 0 aliphatic heterocycles. The number of phenolic OH excluding ortho intramolecular Hbond substituents is 1. The molecule has 0 unspecified atom stereocenters. The van der Waals surface area contributed by atoms with Crippen LogP contribution in [-0.4, -0.2) is 11.7 Å². The van der Waals surface area contributed by atoms with E-state index in [1.807, 2.05) is 30.3 Å². The molecular formula is C23H25NO. The molecule has 2 atom stereocenters. The first-order valence-electron chi connectivity index (χ1n) is 8.87. The average molecular weight is 331 g/mol. The van der Waals surface area contributed by atoms with Crippen LogP contribution in [0.25, 0.3) is 0 Å². The third kappa shape index (κ3) is 4.49. The molecule has 2 N–H and O–H groups in total. The molecule has 2 heteroatoms. The zero-order valence-electron chi connectivity index (χ0n) is 14.6. The molecule has 0 aliphatic rings. The van der Waals surface area contributed by atoms with Crippen LogP contribution in [0.4, 0.5) is 0 Å². The predicted molar refractivity (Wildman–Crippen MR) is 104 cm³/mol. The van der Waals surface area contributed by atoms with Crippen molar-refractivity contribution in [1.29, 1.82) is 0 Å². The van der Waals surface area contributed by atoms with E-state index < -0.39 is 0 Å². The quantitative estimate of drug-likeness (QED) is 0.618. The number of benzene rings is 3. The van der Waals surface area contributed by atoms with Crippen LogP contribution in [0.1, 0.15) is 42.0 Å². The summed E-state index contributed by atoms with van der Waals surface area (Å²) >= 11 is 0. The van der Waals surface area contributed by atoms with E-state index in [2.05, 4.69) is 60.8 Å². The van der Waals surface area contributed by atoms with Gasteiger partial charge in [0.1, 0.15) is 5.75 Å². The van der Waals surface area contributed by atoms with E-state index >= 15 is 0 Å².